The normalized spacial score (nSPS) is 22.3. The third kappa shape index (κ3) is 3.60. The van der Waals surface area contributed by atoms with E-state index in [9.17, 15) is 0 Å². The molecule has 0 bridgehead atoms. The lowest BCUT2D eigenvalue weighted by atomic mass is 10.0. The number of anilines is 1. The average molecular weight is 486 g/mol. The molecule has 0 aliphatic carbocycles. The molecule has 9 heteroatoms. The molecule has 0 amide bonds. The number of morpholine rings is 1. The van der Waals surface area contributed by atoms with Crippen molar-refractivity contribution in [2.24, 2.45) is 0 Å². The van der Waals surface area contributed by atoms with Crippen LogP contribution in [0.15, 0.2) is 36.8 Å². The molecule has 186 valence electrons. The summed E-state index contributed by atoms with van der Waals surface area (Å²) >= 11 is 0. The molecular formula is C27H31N7O2. The second-order valence-electron chi connectivity index (χ2n) is 10.00. The van der Waals surface area contributed by atoms with E-state index >= 15 is 0 Å². The van der Waals surface area contributed by atoms with Gasteiger partial charge in [-0.2, -0.15) is 5.10 Å². The third-order valence-corrected chi connectivity index (χ3v) is 7.71. The lowest BCUT2D eigenvalue weighted by Gasteiger charge is -2.34. The molecule has 2 saturated heterocycles. The number of imidazole rings is 1. The number of hydrogen-bond acceptors (Lipinski definition) is 7. The zero-order chi connectivity index (χ0) is 24.1. The van der Waals surface area contributed by atoms with Gasteiger partial charge in [0.25, 0.3) is 0 Å². The van der Waals surface area contributed by atoms with Crippen molar-refractivity contribution in [2.75, 3.05) is 31.3 Å². The standard InChI is InChI=1S/C27H31N7O2/c1-18-17-35-14-12-32(18)24-15-20(22-16-29-23-5-4-11-33(22)23)19-7-9-28-27(26(19)31-24)21-8-10-30-34(21)25-6-2-3-13-36-25/h7-10,15-16,18,25H,2-6,11-14,17H2,1H3. The first-order chi connectivity index (χ1) is 17.8. The number of fused-ring (bicyclic) bond motifs is 2. The predicted octanol–water partition coefficient (Wildman–Crippen LogP) is 4.23. The summed E-state index contributed by atoms with van der Waals surface area (Å²) in [4.78, 5) is 17.2. The number of rotatable bonds is 4. The molecule has 7 heterocycles. The van der Waals surface area contributed by atoms with E-state index in [1.807, 2.05) is 29.3 Å². The molecule has 2 unspecified atom stereocenters. The summed E-state index contributed by atoms with van der Waals surface area (Å²) in [6.45, 7) is 6.17. The van der Waals surface area contributed by atoms with Gasteiger partial charge in [-0.3, -0.25) is 4.98 Å². The highest BCUT2D eigenvalue weighted by Gasteiger charge is 2.27. The van der Waals surface area contributed by atoms with Crippen molar-refractivity contribution in [2.45, 2.75) is 57.8 Å². The molecule has 7 rings (SSSR count). The van der Waals surface area contributed by atoms with Crippen LogP contribution in [0.3, 0.4) is 0 Å². The zero-order valence-corrected chi connectivity index (χ0v) is 20.6. The minimum Gasteiger partial charge on any atom is -0.377 e. The number of aryl methyl sites for hydroxylation is 1. The van der Waals surface area contributed by atoms with E-state index in [1.165, 1.54) is 0 Å². The van der Waals surface area contributed by atoms with Gasteiger partial charge in [0.1, 0.15) is 22.9 Å². The first kappa shape index (κ1) is 21.9. The molecule has 4 aromatic heterocycles. The molecule has 36 heavy (non-hydrogen) atoms. The zero-order valence-electron chi connectivity index (χ0n) is 20.6. The van der Waals surface area contributed by atoms with Gasteiger partial charge in [0.2, 0.25) is 0 Å². The Hall–Kier alpha value is -3.30. The van der Waals surface area contributed by atoms with E-state index in [1.54, 1.807) is 0 Å². The van der Waals surface area contributed by atoms with Crippen LogP contribution in [0, 0.1) is 0 Å². The third-order valence-electron chi connectivity index (χ3n) is 7.71. The molecular weight excluding hydrogens is 454 g/mol. The lowest BCUT2D eigenvalue weighted by molar-refractivity contribution is -0.0383. The van der Waals surface area contributed by atoms with Crippen molar-refractivity contribution >= 4 is 16.7 Å². The summed E-state index contributed by atoms with van der Waals surface area (Å²) in [6.07, 6.45) is 11.0. The smallest absolute Gasteiger partial charge is 0.150 e. The monoisotopic (exact) mass is 485 g/mol. The lowest BCUT2D eigenvalue weighted by Crippen LogP contribution is -2.44. The van der Waals surface area contributed by atoms with E-state index in [0.29, 0.717) is 13.2 Å². The summed E-state index contributed by atoms with van der Waals surface area (Å²) < 4.78 is 16.2. The van der Waals surface area contributed by atoms with Crippen molar-refractivity contribution in [1.29, 1.82) is 0 Å². The van der Waals surface area contributed by atoms with Gasteiger partial charge < -0.3 is 18.9 Å². The topological polar surface area (TPSA) is 83.1 Å². The molecule has 9 nitrogen and oxygen atoms in total. The Bertz CT molecular complexity index is 1400. The Balaban J connectivity index is 1.44. The number of pyridine rings is 2. The molecule has 0 aromatic carbocycles. The molecule has 3 aliphatic rings. The molecule has 0 N–H and O–H groups in total. The van der Waals surface area contributed by atoms with Crippen LogP contribution in [-0.4, -0.2) is 61.7 Å². The van der Waals surface area contributed by atoms with Gasteiger partial charge in [-0.25, -0.2) is 14.6 Å². The minimum atomic E-state index is -0.0687. The van der Waals surface area contributed by atoms with Crippen LogP contribution in [0.1, 0.15) is 44.7 Å². The van der Waals surface area contributed by atoms with Crippen molar-refractivity contribution in [3.05, 3.63) is 42.6 Å². The molecule has 4 aromatic rings. The molecule has 3 aliphatic heterocycles. The molecule has 2 fully saturated rings. The van der Waals surface area contributed by atoms with E-state index in [-0.39, 0.29) is 12.3 Å². The Morgan fingerprint density at radius 3 is 2.86 bits per heavy atom. The first-order valence-electron chi connectivity index (χ1n) is 13.1. The number of aromatic nitrogens is 6. The SMILES string of the molecule is CC1COCCN1c1cc(-c2cnc3n2CCC3)c2ccnc(-c3ccnn3C3CCCCO3)c2n1. The van der Waals surface area contributed by atoms with Gasteiger partial charge >= 0.3 is 0 Å². The van der Waals surface area contributed by atoms with Gasteiger partial charge in [-0.15, -0.1) is 0 Å². The maximum absolute atomic E-state index is 6.08. The highest BCUT2D eigenvalue weighted by molar-refractivity contribution is 6.01. The summed E-state index contributed by atoms with van der Waals surface area (Å²) in [7, 11) is 0. The highest BCUT2D eigenvalue weighted by atomic mass is 16.5. The average Bonchev–Trinajstić information content (AvgIpc) is 3.66. The van der Waals surface area contributed by atoms with Gasteiger partial charge in [0.15, 0.2) is 6.23 Å². The molecule has 0 radical (unpaired) electrons. The summed E-state index contributed by atoms with van der Waals surface area (Å²) in [6, 6.07) is 6.59. The van der Waals surface area contributed by atoms with Crippen molar-refractivity contribution < 1.29 is 9.47 Å². The Kier molecular flexibility index (Phi) is 5.47. The van der Waals surface area contributed by atoms with Crippen LogP contribution in [0.2, 0.25) is 0 Å². The number of ether oxygens (including phenoxy) is 2. The van der Waals surface area contributed by atoms with Gasteiger partial charge in [-0.05, 0) is 50.8 Å². The highest BCUT2D eigenvalue weighted by Crippen LogP contribution is 2.38. The number of nitrogens with zero attached hydrogens (tertiary/aromatic N) is 7. The van der Waals surface area contributed by atoms with Crippen LogP contribution < -0.4 is 4.90 Å². The van der Waals surface area contributed by atoms with Crippen LogP contribution in [0.4, 0.5) is 5.82 Å². The fourth-order valence-electron chi connectivity index (χ4n) is 5.87. The molecule has 0 spiro atoms. The molecule has 0 saturated carbocycles. The largest absolute Gasteiger partial charge is 0.377 e. The van der Waals surface area contributed by atoms with Crippen LogP contribution >= 0.6 is 0 Å². The quantitative estimate of drug-likeness (QED) is 0.428. The van der Waals surface area contributed by atoms with Crippen LogP contribution in [-0.2, 0) is 22.4 Å². The van der Waals surface area contributed by atoms with Crippen LogP contribution in [0.25, 0.3) is 33.5 Å². The Morgan fingerprint density at radius 2 is 1.97 bits per heavy atom. The Labute approximate surface area is 210 Å². The maximum atomic E-state index is 6.08. The first-order valence-corrected chi connectivity index (χ1v) is 13.1. The van der Waals surface area contributed by atoms with E-state index in [0.717, 1.165) is 97.0 Å². The van der Waals surface area contributed by atoms with Gasteiger partial charge in [0.05, 0.1) is 36.8 Å². The second-order valence-corrected chi connectivity index (χ2v) is 10.00. The summed E-state index contributed by atoms with van der Waals surface area (Å²) in [5.41, 5.74) is 4.96. The number of hydrogen-bond donors (Lipinski definition) is 0. The van der Waals surface area contributed by atoms with E-state index in [4.69, 9.17) is 24.4 Å². The minimum absolute atomic E-state index is 0.0687. The van der Waals surface area contributed by atoms with Gasteiger partial charge in [-0.1, -0.05) is 0 Å². The molecule has 2 atom stereocenters. The van der Waals surface area contributed by atoms with E-state index in [2.05, 4.69) is 33.6 Å². The maximum Gasteiger partial charge on any atom is 0.150 e. The second kappa shape index (κ2) is 8.97. The fourth-order valence-corrected chi connectivity index (χ4v) is 5.87. The van der Waals surface area contributed by atoms with Crippen molar-refractivity contribution in [1.82, 2.24) is 29.3 Å². The fraction of sp³-hybridized carbons (Fsp3) is 0.481. The van der Waals surface area contributed by atoms with Crippen molar-refractivity contribution in [3.63, 3.8) is 0 Å². The predicted molar refractivity (Wildman–Crippen MR) is 137 cm³/mol. The van der Waals surface area contributed by atoms with Gasteiger partial charge in [0, 0.05) is 49.5 Å². The van der Waals surface area contributed by atoms with E-state index < -0.39 is 0 Å². The Morgan fingerprint density at radius 1 is 1.00 bits per heavy atom. The van der Waals surface area contributed by atoms with Crippen LogP contribution in [0.5, 0.6) is 0 Å². The summed E-state index contributed by atoms with van der Waals surface area (Å²) in [5.74, 6) is 2.12. The summed E-state index contributed by atoms with van der Waals surface area (Å²) in [5, 5.41) is 5.73. The van der Waals surface area contributed by atoms with Crippen molar-refractivity contribution in [3.8, 4) is 22.6 Å².